The maximum absolute atomic E-state index is 11.6. The molecule has 0 aliphatic rings. The number of halogens is 3. The molecule has 0 rings (SSSR count). The summed E-state index contributed by atoms with van der Waals surface area (Å²) in [6.45, 7) is 2.09. The van der Waals surface area contributed by atoms with Gasteiger partial charge in [-0.05, 0) is 12.6 Å². The molecule has 0 spiro atoms. The van der Waals surface area contributed by atoms with Crippen LogP contribution in [0.2, 0.25) is 0 Å². The quantitative estimate of drug-likeness (QED) is 0.438. The molecular weight excluding hydrogens is 184 g/mol. The number of hydrogen-bond acceptors (Lipinski definition) is 0. The molecule has 1 radical (unpaired) electrons. The average Bonchev–Trinajstić information content (AvgIpc) is 1.94. The van der Waals surface area contributed by atoms with Gasteiger partial charge >= 0.3 is 5.92 Å². The molecule has 12 heavy (non-hydrogen) atoms. The molecule has 0 N–H and O–H groups in total. The highest BCUT2D eigenvalue weighted by molar-refractivity contribution is 7.39. The molecule has 0 aliphatic carbocycles. The fourth-order valence-corrected chi connectivity index (χ4v) is 1.56. The van der Waals surface area contributed by atoms with E-state index >= 15 is 0 Å². The van der Waals surface area contributed by atoms with Crippen molar-refractivity contribution < 1.29 is 13.2 Å². The van der Waals surface area contributed by atoms with Crippen LogP contribution in [0, 0.1) is 0 Å². The summed E-state index contributed by atoms with van der Waals surface area (Å²) in [6.07, 6.45) is 5.27. The molecule has 0 saturated heterocycles. The lowest BCUT2D eigenvalue weighted by molar-refractivity contribution is -0.0371. The molecule has 0 saturated carbocycles. The summed E-state index contributed by atoms with van der Waals surface area (Å²) in [4.78, 5) is 0. The minimum Gasteiger partial charge on any atom is -0.167 e. The summed E-state index contributed by atoms with van der Waals surface area (Å²) in [7, 11) is -0.377. The SMILES string of the molecule is CCCCCCC[P]C(F)(F)F. The van der Waals surface area contributed by atoms with Crippen molar-refractivity contribution in [3.63, 3.8) is 0 Å². The third-order valence-corrected chi connectivity index (χ3v) is 2.45. The molecule has 0 aliphatic heterocycles. The summed E-state index contributed by atoms with van der Waals surface area (Å²) in [6, 6.07) is 0. The largest absolute Gasteiger partial charge is 0.409 e. The maximum atomic E-state index is 11.6. The Morgan fingerprint density at radius 1 is 1.00 bits per heavy atom. The Labute approximate surface area is 73.7 Å². The Balaban J connectivity index is 3.01. The van der Waals surface area contributed by atoms with Crippen LogP contribution in [0.25, 0.3) is 0 Å². The summed E-state index contributed by atoms with van der Waals surface area (Å²) < 4.78 is 34.9. The zero-order chi connectivity index (χ0) is 9.45. The minimum absolute atomic E-state index is 0.271. The van der Waals surface area contributed by atoms with Crippen LogP contribution in [-0.4, -0.2) is 12.1 Å². The zero-order valence-electron chi connectivity index (χ0n) is 7.32. The molecule has 0 aromatic rings. The number of rotatable bonds is 6. The van der Waals surface area contributed by atoms with Crippen molar-refractivity contribution in [2.75, 3.05) is 6.16 Å². The van der Waals surface area contributed by atoms with E-state index in [9.17, 15) is 13.2 Å². The first kappa shape index (κ1) is 12.2. The van der Waals surface area contributed by atoms with Crippen molar-refractivity contribution in [2.45, 2.75) is 44.9 Å². The first-order valence-electron chi connectivity index (χ1n) is 4.31. The van der Waals surface area contributed by atoms with E-state index in [1.54, 1.807) is 0 Å². The summed E-state index contributed by atoms with van der Waals surface area (Å²) in [5, 5.41) is 0. The van der Waals surface area contributed by atoms with E-state index in [0.29, 0.717) is 6.42 Å². The predicted octanol–water partition coefficient (Wildman–Crippen LogP) is 4.42. The Kier molecular flexibility index (Phi) is 6.83. The zero-order valence-corrected chi connectivity index (χ0v) is 8.22. The monoisotopic (exact) mass is 199 g/mol. The Morgan fingerprint density at radius 2 is 1.58 bits per heavy atom. The van der Waals surface area contributed by atoms with Crippen molar-refractivity contribution in [2.24, 2.45) is 0 Å². The fourth-order valence-electron chi connectivity index (χ4n) is 0.921. The van der Waals surface area contributed by atoms with Crippen molar-refractivity contribution >= 4 is 8.58 Å². The molecule has 0 aromatic heterocycles. The van der Waals surface area contributed by atoms with Crippen LogP contribution < -0.4 is 0 Å². The van der Waals surface area contributed by atoms with Gasteiger partial charge in [0.2, 0.25) is 0 Å². The molecule has 4 heteroatoms. The van der Waals surface area contributed by atoms with Gasteiger partial charge in [0.25, 0.3) is 0 Å². The Hall–Kier alpha value is 0.220. The van der Waals surface area contributed by atoms with E-state index < -0.39 is 5.92 Å². The third kappa shape index (κ3) is 10.2. The molecular formula is C8H15F3P. The van der Waals surface area contributed by atoms with Crippen LogP contribution in [-0.2, 0) is 0 Å². The number of unbranched alkanes of at least 4 members (excludes halogenated alkanes) is 4. The lowest BCUT2D eigenvalue weighted by Gasteiger charge is -2.03. The standard InChI is InChI=1S/C8H15F3P/c1-2-3-4-5-6-7-12-8(9,10)11/h2-7H2,1H3. The first-order valence-corrected chi connectivity index (χ1v) is 5.39. The normalized spacial score (nSPS) is 13.0. The van der Waals surface area contributed by atoms with Crippen LogP contribution in [0.15, 0.2) is 0 Å². The topological polar surface area (TPSA) is 0 Å². The van der Waals surface area contributed by atoms with E-state index in [0.717, 1.165) is 25.7 Å². The summed E-state index contributed by atoms with van der Waals surface area (Å²) in [5.74, 6) is -3.98. The lowest BCUT2D eigenvalue weighted by atomic mass is 10.2. The fraction of sp³-hybridized carbons (Fsp3) is 1.00. The van der Waals surface area contributed by atoms with Crippen LogP contribution >= 0.6 is 8.58 Å². The highest BCUT2D eigenvalue weighted by Gasteiger charge is 2.26. The number of alkyl halides is 3. The molecule has 0 amide bonds. The van der Waals surface area contributed by atoms with Crippen molar-refractivity contribution in [3.05, 3.63) is 0 Å². The number of hydrogen-bond donors (Lipinski definition) is 0. The van der Waals surface area contributed by atoms with E-state index in [2.05, 4.69) is 6.92 Å². The molecule has 0 heterocycles. The highest BCUT2D eigenvalue weighted by Crippen LogP contribution is 2.36. The second-order valence-corrected chi connectivity index (χ2v) is 4.03. The average molecular weight is 199 g/mol. The second-order valence-electron chi connectivity index (χ2n) is 2.76. The van der Waals surface area contributed by atoms with Crippen molar-refractivity contribution in [1.82, 2.24) is 0 Å². The second kappa shape index (κ2) is 6.71. The van der Waals surface area contributed by atoms with Gasteiger partial charge in [0.05, 0.1) is 0 Å². The van der Waals surface area contributed by atoms with Gasteiger partial charge in [-0.1, -0.05) is 32.6 Å². The Bertz CT molecular complexity index is 101. The molecule has 73 valence electrons. The van der Waals surface area contributed by atoms with Gasteiger partial charge in [-0.2, -0.15) is 13.2 Å². The van der Waals surface area contributed by atoms with E-state index in [-0.39, 0.29) is 14.7 Å². The molecule has 0 atom stereocenters. The van der Waals surface area contributed by atoms with Gasteiger partial charge in [0.15, 0.2) is 0 Å². The minimum atomic E-state index is -3.98. The summed E-state index contributed by atoms with van der Waals surface area (Å²) >= 11 is 0. The van der Waals surface area contributed by atoms with E-state index in [1.807, 2.05) is 0 Å². The van der Waals surface area contributed by atoms with Crippen LogP contribution in [0.3, 0.4) is 0 Å². The van der Waals surface area contributed by atoms with Crippen LogP contribution in [0.1, 0.15) is 39.0 Å². The van der Waals surface area contributed by atoms with Crippen molar-refractivity contribution in [1.29, 1.82) is 0 Å². The van der Waals surface area contributed by atoms with Gasteiger partial charge in [0, 0.05) is 8.58 Å². The third-order valence-electron chi connectivity index (χ3n) is 1.55. The highest BCUT2D eigenvalue weighted by atomic mass is 31.1. The van der Waals surface area contributed by atoms with Gasteiger partial charge in [-0.25, -0.2) is 0 Å². The van der Waals surface area contributed by atoms with Gasteiger partial charge < -0.3 is 0 Å². The maximum Gasteiger partial charge on any atom is 0.409 e. The van der Waals surface area contributed by atoms with Gasteiger partial charge in [-0.15, -0.1) is 0 Å². The van der Waals surface area contributed by atoms with Crippen molar-refractivity contribution in [3.8, 4) is 0 Å². The van der Waals surface area contributed by atoms with E-state index in [1.165, 1.54) is 0 Å². The van der Waals surface area contributed by atoms with Gasteiger partial charge in [-0.3, -0.25) is 0 Å². The molecule has 0 fully saturated rings. The molecule has 0 nitrogen and oxygen atoms in total. The predicted molar refractivity (Wildman–Crippen MR) is 46.6 cm³/mol. The molecule has 0 bridgehead atoms. The molecule has 0 unspecified atom stereocenters. The lowest BCUT2D eigenvalue weighted by Crippen LogP contribution is -1.98. The van der Waals surface area contributed by atoms with Crippen LogP contribution in [0.5, 0.6) is 0 Å². The van der Waals surface area contributed by atoms with Crippen LogP contribution in [0.4, 0.5) is 13.2 Å². The molecule has 0 aromatic carbocycles. The van der Waals surface area contributed by atoms with E-state index in [4.69, 9.17) is 0 Å². The Morgan fingerprint density at radius 3 is 2.08 bits per heavy atom. The smallest absolute Gasteiger partial charge is 0.167 e. The summed E-state index contributed by atoms with van der Waals surface area (Å²) in [5.41, 5.74) is 0. The first-order chi connectivity index (χ1) is 5.56. The van der Waals surface area contributed by atoms with Gasteiger partial charge in [0.1, 0.15) is 0 Å².